The lowest BCUT2D eigenvalue weighted by Gasteiger charge is -2.06. The first-order valence-electron chi connectivity index (χ1n) is 2.99. The van der Waals surface area contributed by atoms with Crippen molar-refractivity contribution in [2.75, 3.05) is 6.61 Å². The van der Waals surface area contributed by atoms with Gasteiger partial charge in [-0.15, -0.1) is 12.6 Å². The van der Waals surface area contributed by atoms with Crippen LogP contribution >= 0.6 is 24.8 Å². The fourth-order valence-corrected chi connectivity index (χ4v) is 0.570. The van der Waals surface area contributed by atoms with E-state index in [1.165, 1.54) is 0 Å². The zero-order valence-corrected chi connectivity index (χ0v) is 7.67. The van der Waals surface area contributed by atoms with Crippen molar-refractivity contribution in [1.29, 1.82) is 0 Å². The molecule has 0 rings (SSSR count). The van der Waals surface area contributed by atoms with Gasteiger partial charge in [-0.05, 0) is 13.8 Å². The first kappa shape index (κ1) is 9.91. The van der Waals surface area contributed by atoms with Gasteiger partial charge in [-0.3, -0.25) is 4.79 Å². The molecule has 0 radical (unpaired) electrons. The van der Waals surface area contributed by atoms with E-state index in [-0.39, 0.29) is 11.9 Å². The first-order chi connectivity index (χ1) is 4.59. The Morgan fingerprint density at radius 3 is 2.60 bits per heavy atom. The van der Waals surface area contributed by atoms with Crippen molar-refractivity contribution < 1.29 is 9.53 Å². The average molecular weight is 178 g/mol. The molecule has 0 aromatic rings. The second-order valence-electron chi connectivity index (χ2n) is 1.81. The minimum atomic E-state index is -0.377. The summed E-state index contributed by atoms with van der Waals surface area (Å²) in [6, 6.07) is 0. The SMILES string of the molecule is CCOC(=O)C(C)C(=S)S. The number of thiocarbonyl (C=S) groups is 1. The molecule has 0 aliphatic heterocycles. The second-order valence-corrected chi connectivity index (χ2v) is 3.04. The predicted octanol–water partition coefficient (Wildman–Crippen LogP) is 1.44. The molecule has 2 nitrogen and oxygen atoms in total. The summed E-state index contributed by atoms with van der Waals surface area (Å²) in [5, 5.41) is 0. The van der Waals surface area contributed by atoms with E-state index in [2.05, 4.69) is 29.6 Å². The highest BCUT2D eigenvalue weighted by Gasteiger charge is 2.15. The summed E-state index contributed by atoms with van der Waals surface area (Å²) in [7, 11) is 0. The van der Waals surface area contributed by atoms with E-state index in [4.69, 9.17) is 0 Å². The summed E-state index contributed by atoms with van der Waals surface area (Å²) in [5.74, 6) is -0.680. The van der Waals surface area contributed by atoms with Crippen LogP contribution in [0.4, 0.5) is 0 Å². The molecule has 4 heteroatoms. The Morgan fingerprint density at radius 1 is 1.80 bits per heavy atom. The van der Waals surface area contributed by atoms with Gasteiger partial charge in [0.25, 0.3) is 0 Å². The number of ether oxygens (including phenoxy) is 1. The third-order valence-corrected chi connectivity index (χ3v) is 1.75. The predicted molar refractivity (Wildman–Crippen MR) is 47.4 cm³/mol. The third kappa shape index (κ3) is 3.17. The fraction of sp³-hybridized carbons (Fsp3) is 0.667. The molecular formula is C6H10O2S2. The standard InChI is InChI=1S/C6H10O2S2/c1-3-8-5(7)4(2)6(9)10/h4H,3H2,1-2H3,(H,9,10). The van der Waals surface area contributed by atoms with Gasteiger partial charge in [-0.25, -0.2) is 0 Å². The fourth-order valence-electron chi connectivity index (χ4n) is 0.368. The summed E-state index contributed by atoms with van der Waals surface area (Å²) in [6.07, 6.45) is 0. The Kier molecular flexibility index (Phi) is 4.64. The molecular weight excluding hydrogens is 168 g/mol. The lowest BCUT2D eigenvalue weighted by atomic mass is 10.2. The van der Waals surface area contributed by atoms with E-state index in [0.29, 0.717) is 10.8 Å². The minimum absolute atomic E-state index is 0.303. The average Bonchev–Trinajstić information content (AvgIpc) is 1.87. The maximum absolute atomic E-state index is 10.8. The van der Waals surface area contributed by atoms with Crippen LogP contribution in [0.5, 0.6) is 0 Å². The normalized spacial score (nSPS) is 12.3. The summed E-state index contributed by atoms with van der Waals surface area (Å²) in [6.45, 7) is 3.82. The smallest absolute Gasteiger partial charge is 0.314 e. The van der Waals surface area contributed by atoms with E-state index in [1.807, 2.05) is 0 Å². The van der Waals surface area contributed by atoms with Crippen LogP contribution in [0, 0.1) is 5.92 Å². The molecule has 0 fully saturated rings. The van der Waals surface area contributed by atoms with Crippen LogP contribution < -0.4 is 0 Å². The third-order valence-electron chi connectivity index (χ3n) is 1.01. The Balaban J connectivity index is 3.82. The van der Waals surface area contributed by atoms with Crippen LogP contribution in [-0.2, 0) is 9.53 Å². The molecule has 0 aromatic carbocycles. The van der Waals surface area contributed by atoms with Gasteiger partial charge in [0.15, 0.2) is 0 Å². The van der Waals surface area contributed by atoms with Crippen LogP contribution in [0.25, 0.3) is 0 Å². The minimum Gasteiger partial charge on any atom is -0.465 e. The molecule has 58 valence electrons. The van der Waals surface area contributed by atoms with Crippen molar-refractivity contribution >= 4 is 35.0 Å². The first-order valence-corrected chi connectivity index (χ1v) is 3.84. The van der Waals surface area contributed by atoms with Crippen molar-refractivity contribution in [3.63, 3.8) is 0 Å². The van der Waals surface area contributed by atoms with Crippen molar-refractivity contribution in [3.05, 3.63) is 0 Å². The van der Waals surface area contributed by atoms with E-state index in [9.17, 15) is 4.79 Å². The quantitative estimate of drug-likeness (QED) is 0.402. The summed E-state index contributed by atoms with van der Waals surface area (Å²) < 4.78 is 5.06. The van der Waals surface area contributed by atoms with Gasteiger partial charge in [0.05, 0.1) is 16.7 Å². The van der Waals surface area contributed by atoms with E-state index in [0.717, 1.165) is 0 Å². The maximum Gasteiger partial charge on any atom is 0.314 e. The Labute approximate surface area is 71.4 Å². The number of hydrogen-bond acceptors (Lipinski definition) is 3. The summed E-state index contributed by atoms with van der Waals surface area (Å²) >= 11 is 8.53. The molecule has 0 spiro atoms. The Bertz CT molecular complexity index is 145. The molecule has 0 amide bonds. The maximum atomic E-state index is 10.8. The van der Waals surface area contributed by atoms with Gasteiger partial charge < -0.3 is 4.74 Å². The zero-order chi connectivity index (χ0) is 8.15. The van der Waals surface area contributed by atoms with Crippen LogP contribution in [0.2, 0.25) is 0 Å². The van der Waals surface area contributed by atoms with Gasteiger partial charge in [-0.1, -0.05) is 12.2 Å². The highest BCUT2D eigenvalue weighted by Crippen LogP contribution is 2.04. The van der Waals surface area contributed by atoms with Crippen LogP contribution in [0.1, 0.15) is 13.8 Å². The van der Waals surface area contributed by atoms with Crippen molar-refractivity contribution in [2.24, 2.45) is 5.92 Å². The molecule has 0 aliphatic rings. The van der Waals surface area contributed by atoms with Gasteiger partial charge >= 0.3 is 5.97 Å². The topological polar surface area (TPSA) is 26.3 Å². The van der Waals surface area contributed by atoms with Crippen LogP contribution in [0.3, 0.4) is 0 Å². The summed E-state index contributed by atoms with van der Waals surface area (Å²) in [5.41, 5.74) is 0. The monoisotopic (exact) mass is 178 g/mol. The highest BCUT2D eigenvalue weighted by atomic mass is 32.1. The number of carbonyl (C=O) groups excluding carboxylic acids is 1. The lowest BCUT2D eigenvalue weighted by Crippen LogP contribution is -2.18. The van der Waals surface area contributed by atoms with Crippen molar-refractivity contribution in [1.82, 2.24) is 0 Å². The van der Waals surface area contributed by atoms with Gasteiger partial charge in [0.2, 0.25) is 0 Å². The second kappa shape index (κ2) is 4.68. The molecule has 0 saturated heterocycles. The zero-order valence-electron chi connectivity index (χ0n) is 5.96. The molecule has 1 atom stereocenters. The van der Waals surface area contributed by atoms with Crippen molar-refractivity contribution in [2.45, 2.75) is 13.8 Å². The largest absolute Gasteiger partial charge is 0.465 e. The number of hydrogen-bond donors (Lipinski definition) is 1. The number of esters is 1. The van der Waals surface area contributed by atoms with Crippen LogP contribution in [0.15, 0.2) is 0 Å². The van der Waals surface area contributed by atoms with Gasteiger partial charge in [0, 0.05) is 0 Å². The van der Waals surface area contributed by atoms with E-state index < -0.39 is 0 Å². The molecule has 0 aromatic heterocycles. The molecule has 0 bridgehead atoms. The van der Waals surface area contributed by atoms with Crippen molar-refractivity contribution in [3.8, 4) is 0 Å². The number of rotatable bonds is 3. The summed E-state index contributed by atoms with van der Waals surface area (Å²) in [4.78, 5) is 10.8. The Morgan fingerprint density at radius 2 is 2.30 bits per heavy atom. The highest BCUT2D eigenvalue weighted by molar-refractivity contribution is 8.11. The molecule has 0 heterocycles. The number of carbonyl (C=O) groups is 1. The molecule has 1 unspecified atom stereocenters. The number of thiol groups is 1. The Hall–Kier alpha value is -0.0900. The van der Waals surface area contributed by atoms with Crippen LogP contribution in [-0.4, -0.2) is 16.8 Å². The van der Waals surface area contributed by atoms with E-state index >= 15 is 0 Å². The lowest BCUT2D eigenvalue weighted by molar-refractivity contribution is -0.144. The van der Waals surface area contributed by atoms with Gasteiger partial charge in [-0.2, -0.15) is 0 Å². The molecule has 0 N–H and O–H groups in total. The molecule has 0 aliphatic carbocycles. The molecule has 10 heavy (non-hydrogen) atoms. The molecule has 0 saturated carbocycles. The van der Waals surface area contributed by atoms with E-state index in [1.54, 1.807) is 13.8 Å². The van der Waals surface area contributed by atoms with Gasteiger partial charge in [0.1, 0.15) is 0 Å².